The number of methoxy groups -OCH3 is 1. The SMILES string of the molecule is COc1cccc(Cn2cccc2CN(Cc2ccccc2)C(=O)CN(C(=O)c2ccc3ccccc3c2)C(C)C)c1. The quantitative estimate of drug-likeness (QED) is 0.179. The van der Waals surface area contributed by atoms with Gasteiger partial charge < -0.3 is 19.1 Å². The standard InChI is InChI=1S/C36H37N3O3/c1-27(2)39(36(41)32-19-18-30-14-7-8-15-31(30)22-32)26-35(40)38(23-28-11-5-4-6-12-28)25-33-16-10-20-37(33)24-29-13-9-17-34(21-29)42-3/h4-22,27H,23-26H2,1-3H3. The normalized spacial score (nSPS) is 11.0. The predicted octanol–water partition coefficient (Wildman–Crippen LogP) is 6.78. The monoisotopic (exact) mass is 559 g/mol. The van der Waals surface area contributed by atoms with Crippen LogP contribution in [0.4, 0.5) is 0 Å². The molecule has 42 heavy (non-hydrogen) atoms. The molecule has 0 aliphatic rings. The highest BCUT2D eigenvalue weighted by atomic mass is 16.5. The Morgan fingerprint density at radius 3 is 2.26 bits per heavy atom. The summed E-state index contributed by atoms with van der Waals surface area (Å²) >= 11 is 0. The Balaban J connectivity index is 1.38. The fraction of sp³-hybridized carbons (Fsp3) is 0.222. The molecule has 0 saturated heterocycles. The summed E-state index contributed by atoms with van der Waals surface area (Å²) in [6, 6.07) is 35.6. The van der Waals surface area contributed by atoms with E-state index >= 15 is 0 Å². The molecule has 6 nitrogen and oxygen atoms in total. The van der Waals surface area contributed by atoms with Crippen LogP contribution in [0.1, 0.15) is 41.0 Å². The second kappa shape index (κ2) is 13.2. The van der Waals surface area contributed by atoms with Gasteiger partial charge in [0.15, 0.2) is 0 Å². The number of benzene rings is 4. The third-order valence-electron chi connectivity index (χ3n) is 7.52. The number of hydrogen-bond donors (Lipinski definition) is 0. The van der Waals surface area contributed by atoms with E-state index in [4.69, 9.17) is 4.74 Å². The minimum Gasteiger partial charge on any atom is -0.497 e. The first-order chi connectivity index (χ1) is 20.4. The van der Waals surface area contributed by atoms with E-state index in [0.29, 0.717) is 25.2 Å². The van der Waals surface area contributed by atoms with Gasteiger partial charge in [-0.15, -0.1) is 0 Å². The van der Waals surface area contributed by atoms with Gasteiger partial charge >= 0.3 is 0 Å². The molecule has 6 heteroatoms. The fourth-order valence-corrected chi connectivity index (χ4v) is 5.17. The van der Waals surface area contributed by atoms with Crippen LogP contribution < -0.4 is 4.74 Å². The zero-order chi connectivity index (χ0) is 29.5. The lowest BCUT2D eigenvalue weighted by molar-refractivity contribution is -0.133. The van der Waals surface area contributed by atoms with E-state index in [1.807, 2.05) is 128 Å². The van der Waals surface area contributed by atoms with Gasteiger partial charge in [0, 0.05) is 36.6 Å². The van der Waals surface area contributed by atoms with Crippen molar-refractivity contribution in [3.05, 3.63) is 138 Å². The third-order valence-corrected chi connectivity index (χ3v) is 7.52. The molecule has 0 aliphatic carbocycles. The number of ether oxygens (including phenoxy) is 1. The van der Waals surface area contributed by atoms with E-state index in [0.717, 1.165) is 33.3 Å². The van der Waals surface area contributed by atoms with Crippen LogP contribution in [0.25, 0.3) is 10.8 Å². The minimum atomic E-state index is -0.150. The highest BCUT2D eigenvalue weighted by molar-refractivity contribution is 6.00. The molecule has 5 aromatic rings. The lowest BCUT2D eigenvalue weighted by Gasteiger charge is -2.30. The first kappa shape index (κ1) is 28.7. The van der Waals surface area contributed by atoms with Gasteiger partial charge in [0.05, 0.1) is 13.7 Å². The van der Waals surface area contributed by atoms with Gasteiger partial charge in [-0.1, -0.05) is 72.8 Å². The van der Waals surface area contributed by atoms with Crippen molar-refractivity contribution in [1.29, 1.82) is 0 Å². The maximum atomic E-state index is 14.0. The molecule has 1 heterocycles. The fourth-order valence-electron chi connectivity index (χ4n) is 5.17. The van der Waals surface area contributed by atoms with Gasteiger partial charge in [-0.3, -0.25) is 9.59 Å². The number of carbonyl (C=O) groups is 2. The molecule has 0 unspecified atom stereocenters. The maximum Gasteiger partial charge on any atom is 0.254 e. The average molecular weight is 560 g/mol. The van der Waals surface area contributed by atoms with Crippen LogP contribution in [0.5, 0.6) is 5.75 Å². The highest BCUT2D eigenvalue weighted by Crippen LogP contribution is 2.20. The number of carbonyl (C=O) groups excluding carboxylic acids is 2. The maximum absolute atomic E-state index is 14.0. The van der Waals surface area contributed by atoms with Crippen LogP contribution in [0.3, 0.4) is 0 Å². The number of fused-ring (bicyclic) bond motifs is 1. The third kappa shape index (κ3) is 6.89. The largest absolute Gasteiger partial charge is 0.497 e. The topological polar surface area (TPSA) is 54.8 Å². The lowest BCUT2D eigenvalue weighted by atomic mass is 10.1. The van der Waals surface area contributed by atoms with Crippen LogP contribution in [0, 0.1) is 0 Å². The Labute approximate surface area is 247 Å². The van der Waals surface area contributed by atoms with E-state index in [2.05, 4.69) is 10.6 Å². The molecule has 1 aromatic heterocycles. The molecule has 0 saturated carbocycles. The van der Waals surface area contributed by atoms with Gasteiger partial charge in [0.25, 0.3) is 5.91 Å². The van der Waals surface area contributed by atoms with E-state index in [9.17, 15) is 9.59 Å². The van der Waals surface area contributed by atoms with Gasteiger partial charge in [-0.2, -0.15) is 0 Å². The van der Waals surface area contributed by atoms with E-state index in [1.54, 1.807) is 12.0 Å². The van der Waals surface area contributed by atoms with Gasteiger partial charge in [0.2, 0.25) is 5.91 Å². The summed E-state index contributed by atoms with van der Waals surface area (Å²) in [6.07, 6.45) is 2.03. The minimum absolute atomic E-state index is 0.00719. The first-order valence-electron chi connectivity index (χ1n) is 14.3. The van der Waals surface area contributed by atoms with Crippen molar-refractivity contribution in [3.8, 4) is 5.75 Å². The van der Waals surface area contributed by atoms with Gasteiger partial charge in [-0.05, 0) is 72.1 Å². The number of aromatic nitrogens is 1. The second-order valence-electron chi connectivity index (χ2n) is 10.8. The molecule has 0 radical (unpaired) electrons. The summed E-state index contributed by atoms with van der Waals surface area (Å²) < 4.78 is 7.55. The van der Waals surface area contributed by atoms with E-state index in [-0.39, 0.29) is 24.4 Å². The molecule has 0 atom stereocenters. The van der Waals surface area contributed by atoms with Gasteiger partial charge in [-0.25, -0.2) is 0 Å². The molecule has 4 aromatic carbocycles. The summed E-state index contributed by atoms with van der Waals surface area (Å²) in [5.41, 5.74) is 3.74. The summed E-state index contributed by atoms with van der Waals surface area (Å²) in [5, 5.41) is 2.08. The molecule has 0 fully saturated rings. The molecule has 0 aliphatic heterocycles. The van der Waals surface area contributed by atoms with Crippen LogP contribution in [0.15, 0.2) is 115 Å². The van der Waals surface area contributed by atoms with Crippen molar-refractivity contribution >= 4 is 22.6 Å². The van der Waals surface area contributed by atoms with Crippen molar-refractivity contribution in [2.24, 2.45) is 0 Å². The Morgan fingerprint density at radius 1 is 0.762 bits per heavy atom. The Hall–Kier alpha value is -4.84. The van der Waals surface area contributed by atoms with Crippen molar-refractivity contribution in [2.45, 2.75) is 39.5 Å². The Morgan fingerprint density at radius 2 is 1.50 bits per heavy atom. The summed E-state index contributed by atoms with van der Waals surface area (Å²) in [7, 11) is 1.67. The zero-order valence-corrected chi connectivity index (χ0v) is 24.4. The van der Waals surface area contributed by atoms with Gasteiger partial charge in [0.1, 0.15) is 12.3 Å². The van der Waals surface area contributed by atoms with Crippen LogP contribution in [-0.2, 0) is 24.4 Å². The number of rotatable bonds is 11. The zero-order valence-electron chi connectivity index (χ0n) is 24.4. The number of amides is 2. The van der Waals surface area contributed by atoms with Crippen molar-refractivity contribution in [2.75, 3.05) is 13.7 Å². The molecule has 0 N–H and O–H groups in total. The summed E-state index contributed by atoms with van der Waals surface area (Å²) in [5.74, 6) is 0.563. The average Bonchev–Trinajstić information content (AvgIpc) is 3.45. The van der Waals surface area contributed by atoms with Crippen molar-refractivity contribution in [1.82, 2.24) is 14.4 Å². The molecule has 2 amide bonds. The molecular weight excluding hydrogens is 522 g/mol. The second-order valence-corrected chi connectivity index (χ2v) is 10.8. The summed E-state index contributed by atoms with van der Waals surface area (Å²) in [4.78, 5) is 31.2. The predicted molar refractivity (Wildman–Crippen MR) is 167 cm³/mol. The molecular formula is C36H37N3O3. The lowest BCUT2D eigenvalue weighted by Crippen LogP contribution is -2.45. The van der Waals surface area contributed by atoms with Crippen molar-refractivity contribution < 1.29 is 14.3 Å². The Bertz CT molecular complexity index is 1660. The van der Waals surface area contributed by atoms with Crippen LogP contribution in [0.2, 0.25) is 0 Å². The van der Waals surface area contributed by atoms with Crippen molar-refractivity contribution in [3.63, 3.8) is 0 Å². The van der Waals surface area contributed by atoms with E-state index < -0.39 is 0 Å². The Kier molecular flexibility index (Phi) is 9.02. The van der Waals surface area contributed by atoms with Crippen LogP contribution in [-0.4, -0.2) is 45.9 Å². The molecule has 0 bridgehead atoms. The first-order valence-corrected chi connectivity index (χ1v) is 14.3. The number of nitrogens with zero attached hydrogens (tertiary/aromatic N) is 3. The van der Waals surface area contributed by atoms with Crippen LogP contribution >= 0.6 is 0 Å². The molecule has 214 valence electrons. The molecule has 0 spiro atoms. The van der Waals surface area contributed by atoms with E-state index in [1.165, 1.54) is 0 Å². The summed E-state index contributed by atoms with van der Waals surface area (Å²) in [6.45, 7) is 5.42. The highest BCUT2D eigenvalue weighted by Gasteiger charge is 2.25. The molecule has 5 rings (SSSR count). The smallest absolute Gasteiger partial charge is 0.254 e. The number of hydrogen-bond acceptors (Lipinski definition) is 3.